The third kappa shape index (κ3) is 5.85. The van der Waals surface area contributed by atoms with Gasteiger partial charge in [0.2, 0.25) is 5.95 Å². The van der Waals surface area contributed by atoms with Crippen LogP contribution in [-0.2, 0) is 4.79 Å². The van der Waals surface area contributed by atoms with Gasteiger partial charge in [-0.15, -0.1) is 0 Å². The Hall–Kier alpha value is -2.13. The Morgan fingerprint density at radius 1 is 1.21 bits per heavy atom. The van der Waals surface area contributed by atoms with Gasteiger partial charge in [0, 0.05) is 47.5 Å². The number of carboxylic acid groups (broad SMARTS) is 1. The van der Waals surface area contributed by atoms with E-state index in [0.717, 1.165) is 44.6 Å². The van der Waals surface area contributed by atoms with Crippen molar-refractivity contribution in [1.82, 2.24) is 14.9 Å². The summed E-state index contributed by atoms with van der Waals surface area (Å²) in [4.78, 5) is 25.8. The molecule has 1 aliphatic carbocycles. The lowest BCUT2D eigenvalue weighted by Crippen LogP contribution is -2.58. The van der Waals surface area contributed by atoms with Crippen LogP contribution in [0.1, 0.15) is 76.1 Å². The Kier molecular flexibility index (Phi) is 8.30. The van der Waals surface area contributed by atoms with Crippen molar-refractivity contribution in [2.45, 2.75) is 71.1 Å². The van der Waals surface area contributed by atoms with E-state index in [1.807, 2.05) is 32.9 Å². The SMILES string of the molecule is CCC(O)c1cnc(N2CC([C@H]3CCCN([C@H]4C[C@](C)(C(=O)O)C4)C3)C2)nc1N[C@H](C)c1ccc(Cl)cc1Cl. The molecule has 39 heavy (non-hydrogen) atoms. The molecule has 8 nitrogen and oxygen atoms in total. The second-order valence-electron chi connectivity index (χ2n) is 11.9. The number of aliphatic hydroxyl groups is 1. The number of carbonyl (C=O) groups is 1. The van der Waals surface area contributed by atoms with Crippen LogP contribution in [0.5, 0.6) is 0 Å². The van der Waals surface area contributed by atoms with Gasteiger partial charge in [-0.3, -0.25) is 4.79 Å². The topological polar surface area (TPSA) is 102 Å². The maximum Gasteiger partial charge on any atom is 0.309 e. The van der Waals surface area contributed by atoms with Crippen molar-refractivity contribution in [2.75, 3.05) is 36.4 Å². The lowest BCUT2D eigenvalue weighted by Gasteiger charge is -2.52. The number of carboxylic acids is 1. The Balaban J connectivity index is 1.23. The molecule has 3 atom stereocenters. The Labute approximate surface area is 240 Å². The zero-order valence-electron chi connectivity index (χ0n) is 22.9. The molecule has 0 amide bonds. The van der Waals surface area contributed by atoms with E-state index in [1.165, 1.54) is 12.8 Å². The summed E-state index contributed by atoms with van der Waals surface area (Å²) in [6, 6.07) is 5.70. The molecule has 3 aliphatic rings. The second kappa shape index (κ2) is 11.4. The van der Waals surface area contributed by atoms with E-state index >= 15 is 0 Å². The molecule has 3 fully saturated rings. The van der Waals surface area contributed by atoms with Gasteiger partial charge in [0.15, 0.2) is 0 Å². The number of nitrogens with one attached hydrogen (secondary N) is 1. The number of likely N-dealkylation sites (tertiary alicyclic amines) is 1. The molecule has 0 radical (unpaired) electrons. The predicted molar refractivity (Wildman–Crippen MR) is 155 cm³/mol. The molecule has 1 aromatic carbocycles. The highest BCUT2D eigenvalue weighted by molar-refractivity contribution is 6.35. The van der Waals surface area contributed by atoms with Gasteiger partial charge < -0.3 is 25.3 Å². The molecular weight excluding hydrogens is 537 g/mol. The number of aliphatic carboxylic acids is 1. The number of aliphatic hydroxyl groups excluding tert-OH is 1. The minimum absolute atomic E-state index is 0.146. The Morgan fingerprint density at radius 2 is 1.95 bits per heavy atom. The molecule has 0 spiro atoms. The van der Waals surface area contributed by atoms with Crippen molar-refractivity contribution in [1.29, 1.82) is 0 Å². The lowest BCUT2D eigenvalue weighted by atomic mass is 9.65. The highest BCUT2D eigenvalue weighted by Crippen LogP contribution is 2.45. The third-order valence-corrected chi connectivity index (χ3v) is 9.65. The predicted octanol–water partition coefficient (Wildman–Crippen LogP) is 5.80. The van der Waals surface area contributed by atoms with Gasteiger partial charge in [0.1, 0.15) is 5.82 Å². The fourth-order valence-corrected chi connectivity index (χ4v) is 6.97. The van der Waals surface area contributed by atoms with Gasteiger partial charge in [0.05, 0.1) is 17.6 Å². The van der Waals surface area contributed by atoms with Gasteiger partial charge in [0.25, 0.3) is 0 Å². The zero-order chi connectivity index (χ0) is 27.9. The van der Waals surface area contributed by atoms with Crippen molar-refractivity contribution in [3.05, 3.63) is 45.6 Å². The van der Waals surface area contributed by atoms with Gasteiger partial charge in [-0.05, 0) is 82.0 Å². The Bertz CT molecular complexity index is 1200. The first kappa shape index (κ1) is 28.4. The van der Waals surface area contributed by atoms with Crippen LogP contribution in [0.2, 0.25) is 10.0 Å². The summed E-state index contributed by atoms with van der Waals surface area (Å²) in [7, 11) is 0. The van der Waals surface area contributed by atoms with Crippen LogP contribution in [0.15, 0.2) is 24.4 Å². The van der Waals surface area contributed by atoms with Gasteiger partial charge in [-0.2, -0.15) is 4.98 Å². The van der Waals surface area contributed by atoms with Gasteiger partial charge in [-0.25, -0.2) is 4.98 Å². The van der Waals surface area contributed by atoms with Crippen LogP contribution in [0.25, 0.3) is 0 Å². The normalized spacial score (nSPS) is 27.4. The zero-order valence-corrected chi connectivity index (χ0v) is 24.4. The van der Waals surface area contributed by atoms with Crippen LogP contribution in [0.3, 0.4) is 0 Å². The first-order chi connectivity index (χ1) is 18.6. The van der Waals surface area contributed by atoms with Crippen LogP contribution in [-0.4, -0.2) is 63.3 Å². The molecule has 3 heterocycles. The average Bonchev–Trinajstić information content (AvgIpc) is 2.85. The molecule has 212 valence electrons. The standard InChI is InChI=1S/C29H39Cl2N5O3/c1-4-25(37)23-13-32-28(34-26(23)33-17(2)22-8-7-20(30)10-24(22)31)36-15-19(16-36)18-6-5-9-35(14-18)21-11-29(3,12-21)27(38)39/h7-8,10,13,17-19,21,25,37H,4-6,9,11-12,14-16H2,1-3H3,(H,38,39)(H,32,33,34)/t17-,18+,21-,25?,29-/m1/s1. The number of nitrogens with zero attached hydrogens (tertiary/aromatic N) is 4. The van der Waals surface area contributed by atoms with Crippen molar-refractivity contribution < 1.29 is 15.0 Å². The molecule has 3 N–H and O–H groups in total. The van der Waals surface area contributed by atoms with Crippen LogP contribution in [0, 0.1) is 17.3 Å². The van der Waals surface area contributed by atoms with E-state index in [2.05, 4.69) is 20.1 Å². The van der Waals surface area contributed by atoms with Crippen LogP contribution in [0.4, 0.5) is 11.8 Å². The summed E-state index contributed by atoms with van der Waals surface area (Å²) in [5, 5.41) is 24.7. The molecule has 1 saturated carbocycles. The quantitative estimate of drug-likeness (QED) is 0.344. The van der Waals surface area contributed by atoms with Gasteiger partial charge >= 0.3 is 5.97 Å². The number of benzene rings is 1. The van der Waals surface area contributed by atoms with E-state index in [4.69, 9.17) is 28.2 Å². The smallest absolute Gasteiger partial charge is 0.309 e. The van der Waals surface area contributed by atoms with Crippen LogP contribution < -0.4 is 10.2 Å². The van der Waals surface area contributed by atoms with E-state index in [0.29, 0.717) is 51.7 Å². The molecule has 2 saturated heterocycles. The summed E-state index contributed by atoms with van der Waals surface area (Å²) in [5.74, 6) is 1.80. The second-order valence-corrected chi connectivity index (χ2v) is 12.8. The van der Waals surface area contributed by atoms with Crippen molar-refractivity contribution >= 4 is 40.9 Å². The molecular formula is C29H39Cl2N5O3. The third-order valence-electron chi connectivity index (χ3n) is 9.09. The molecule has 1 aromatic heterocycles. The molecule has 1 unspecified atom stereocenters. The largest absolute Gasteiger partial charge is 0.481 e. The van der Waals surface area contributed by atoms with Crippen molar-refractivity contribution in [2.24, 2.45) is 17.3 Å². The highest BCUT2D eigenvalue weighted by atomic mass is 35.5. The molecule has 5 rings (SSSR count). The van der Waals surface area contributed by atoms with Crippen molar-refractivity contribution in [3.8, 4) is 0 Å². The molecule has 0 bridgehead atoms. The number of anilines is 2. The number of hydrogen-bond donors (Lipinski definition) is 3. The van der Waals surface area contributed by atoms with Crippen molar-refractivity contribution in [3.63, 3.8) is 0 Å². The van der Waals surface area contributed by atoms with E-state index < -0.39 is 17.5 Å². The maximum absolute atomic E-state index is 11.5. The first-order valence-electron chi connectivity index (χ1n) is 14.1. The number of hydrogen-bond acceptors (Lipinski definition) is 7. The first-order valence-corrected chi connectivity index (χ1v) is 14.8. The van der Waals surface area contributed by atoms with Gasteiger partial charge in [-0.1, -0.05) is 36.2 Å². The van der Waals surface area contributed by atoms with Crippen LogP contribution >= 0.6 is 23.2 Å². The fourth-order valence-electron chi connectivity index (χ4n) is 6.39. The summed E-state index contributed by atoms with van der Waals surface area (Å²) in [5.41, 5.74) is 1.02. The minimum Gasteiger partial charge on any atom is -0.481 e. The van der Waals surface area contributed by atoms with E-state index in [-0.39, 0.29) is 6.04 Å². The number of piperidine rings is 1. The maximum atomic E-state index is 11.5. The molecule has 2 aromatic rings. The molecule has 10 heteroatoms. The number of aromatic nitrogens is 2. The average molecular weight is 577 g/mol. The number of rotatable bonds is 9. The molecule has 2 aliphatic heterocycles. The minimum atomic E-state index is -0.668. The summed E-state index contributed by atoms with van der Waals surface area (Å²) < 4.78 is 0. The fraction of sp³-hybridized carbons (Fsp3) is 0.621. The summed E-state index contributed by atoms with van der Waals surface area (Å²) in [6.45, 7) is 9.74. The number of halogens is 2. The summed E-state index contributed by atoms with van der Waals surface area (Å²) in [6.07, 6.45) is 5.52. The Morgan fingerprint density at radius 3 is 2.62 bits per heavy atom. The highest BCUT2D eigenvalue weighted by Gasteiger charge is 2.49. The van der Waals surface area contributed by atoms with E-state index in [1.54, 1.807) is 12.3 Å². The summed E-state index contributed by atoms with van der Waals surface area (Å²) >= 11 is 12.5. The lowest BCUT2D eigenvalue weighted by molar-refractivity contribution is -0.158. The monoisotopic (exact) mass is 575 g/mol. The van der Waals surface area contributed by atoms with E-state index in [9.17, 15) is 15.0 Å².